The molecule has 2 aromatic rings. The van der Waals surface area contributed by atoms with E-state index in [-0.39, 0.29) is 11.9 Å². The molecule has 20 heavy (non-hydrogen) atoms. The summed E-state index contributed by atoms with van der Waals surface area (Å²) in [5, 5.41) is 2.78. The minimum atomic E-state index is -0.0536. The first kappa shape index (κ1) is 12.9. The predicted octanol–water partition coefficient (Wildman–Crippen LogP) is 2.77. The highest BCUT2D eigenvalue weighted by Crippen LogP contribution is 2.30. The summed E-state index contributed by atoms with van der Waals surface area (Å²) < 4.78 is 2.20. The van der Waals surface area contributed by atoms with Crippen molar-refractivity contribution in [2.75, 3.05) is 5.32 Å². The maximum absolute atomic E-state index is 11.0. The summed E-state index contributed by atoms with van der Waals surface area (Å²) >= 11 is 0. The van der Waals surface area contributed by atoms with Crippen LogP contribution < -0.4 is 11.1 Å². The van der Waals surface area contributed by atoms with Gasteiger partial charge in [-0.3, -0.25) is 4.79 Å². The lowest BCUT2D eigenvalue weighted by molar-refractivity contribution is -0.114. The standard InChI is InChI=1S/C16H19N3O/c1-11(20)18-12-5-7-13(8-6-12)19-10-9-14-15(17)3-2-4-16(14)19/h5-10,15H,2-4,17H2,1H3,(H,18,20). The Kier molecular flexibility index (Phi) is 3.32. The molecule has 1 atom stereocenters. The van der Waals surface area contributed by atoms with Crippen LogP contribution in [0.5, 0.6) is 0 Å². The smallest absolute Gasteiger partial charge is 0.221 e. The van der Waals surface area contributed by atoms with Gasteiger partial charge in [0.25, 0.3) is 0 Å². The Hall–Kier alpha value is -2.07. The lowest BCUT2D eigenvalue weighted by atomic mass is 9.93. The van der Waals surface area contributed by atoms with Crippen molar-refractivity contribution < 1.29 is 4.79 Å². The van der Waals surface area contributed by atoms with Crippen molar-refractivity contribution >= 4 is 11.6 Å². The fourth-order valence-electron chi connectivity index (χ4n) is 2.88. The predicted molar refractivity (Wildman–Crippen MR) is 79.9 cm³/mol. The number of aromatic nitrogens is 1. The van der Waals surface area contributed by atoms with Gasteiger partial charge in [-0.15, -0.1) is 0 Å². The van der Waals surface area contributed by atoms with Gasteiger partial charge in [-0.2, -0.15) is 0 Å². The molecule has 1 unspecified atom stereocenters. The molecule has 1 aromatic heterocycles. The Morgan fingerprint density at radius 3 is 2.75 bits per heavy atom. The third-order valence-electron chi connectivity index (χ3n) is 3.82. The maximum atomic E-state index is 11.0. The van der Waals surface area contributed by atoms with Crippen LogP contribution in [-0.4, -0.2) is 10.5 Å². The second kappa shape index (κ2) is 5.13. The van der Waals surface area contributed by atoms with Gasteiger partial charge in [-0.25, -0.2) is 0 Å². The zero-order valence-electron chi connectivity index (χ0n) is 11.6. The van der Waals surface area contributed by atoms with Crippen molar-refractivity contribution in [1.29, 1.82) is 0 Å². The quantitative estimate of drug-likeness (QED) is 0.880. The lowest BCUT2D eigenvalue weighted by Gasteiger charge is -2.21. The van der Waals surface area contributed by atoms with Crippen LogP contribution in [0.15, 0.2) is 36.5 Å². The highest BCUT2D eigenvalue weighted by Gasteiger charge is 2.20. The van der Waals surface area contributed by atoms with Crippen molar-refractivity contribution in [2.45, 2.75) is 32.2 Å². The first-order valence-electron chi connectivity index (χ1n) is 6.99. The topological polar surface area (TPSA) is 60.0 Å². The number of hydrogen-bond donors (Lipinski definition) is 2. The number of anilines is 1. The second-order valence-corrected chi connectivity index (χ2v) is 5.31. The number of carbonyl (C=O) groups is 1. The van der Waals surface area contributed by atoms with E-state index in [0.29, 0.717) is 0 Å². The van der Waals surface area contributed by atoms with Gasteiger partial charge in [0.2, 0.25) is 5.91 Å². The Balaban J connectivity index is 1.92. The first-order chi connectivity index (χ1) is 9.65. The molecule has 0 saturated heterocycles. The van der Waals surface area contributed by atoms with Crippen LogP contribution in [0.3, 0.4) is 0 Å². The number of hydrogen-bond acceptors (Lipinski definition) is 2. The number of fused-ring (bicyclic) bond motifs is 1. The Labute approximate surface area is 118 Å². The number of nitrogens with zero attached hydrogens (tertiary/aromatic N) is 1. The number of benzene rings is 1. The molecule has 1 aliphatic rings. The monoisotopic (exact) mass is 269 g/mol. The molecule has 0 radical (unpaired) electrons. The van der Waals surface area contributed by atoms with Crippen LogP contribution in [0.4, 0.5) is 5.69 Å². The van der Waals surface area contributed by atoms with Gasteiger partial charge < -0.3 is 15.6 Å². The molecule has 3 rings (SSSR count). The number of amides is 1. The molecule has 104 valence electrons. The number of rotatable bonds is 2. The molecule has 0 fully saturated rings. The van der Waals surface area contributed by atoms with Crippen molar-refractivity contribution in [2.24, 2.45) is 5.73 Å². The summed E-state index contributed by atoms with van der Waals surface area (Å²) in [4.78, 5) is 11.0. The van der Waals surface area contributed by atoms with Crippen LogP contribution in [0, 0.1) is 0 Å². The van der Waals surface area contributed by atoms with E-state index in [1.54, 1.807) is 0 Å². The van der Waals surface area contributed by atoms with E-state index < -0.39 is 0 Å². The van der Waals surface area contributed by atoms with Gasteiger partial charge in [0.15, 0.2) is 0 Å². The molecule has 0 saturated carbocycles. The molecule has 4 nitrogen and oxygen atoms in total. The Morgan fingerprint density at radius 2 is 2.05 bits per heavy atom. The fraction of sp³-hybridized carbons (Fsp3) is 0.312. The first-order valence-corrected chi connectivity index (χ1v) is 6.99. The third kappa shape index (κ3) is 2.34. The van der Waals surface area contributed by atoms with Crippen LogP contribution in [0.25, 0.3) is 5.69 Å². The SMILES string of the molecule is CC(=O)Nc1ccc(-n2ccc3c2CCCC3N)cc1. The zero-order valence-corrected chi connectivity index (χ0v) is 11.6. The number of nitrogens with one attached hydrogen (secondary N) is 1. The molecule has 3 N–H and O–H groups in total. The third-order valence-corrected chi connectivity index (χ3v) is 3.82. The van der Waals surface area contributed by atoms with Crippen LogP contribution in [-0.2, 0) is 11.2 Å². The molecule has 1 aliphatic carbocycles. The molecule has 4 heteroatoms. The minimum Gasteiger partial charge on any atom is -0.326 e. The molecule has 0 aliphatic heterocycles. The van der Waals surface area contributed by atoms with Crippen molar-refractivity contribution in [1.82, 2.24) is 4.57 Å². The van der Waals surface area contributed by atoms with Crippen LogP contribution in [0.2, 0.25) is 0 Å². The number of nitrogens with two attached hydrogens (primary N) is 1. The van der Waals surface area contributed by atoms with Gasteiger partial charge in [0.05, 0.1) is 0 Å². The van der Waals surface area contributed by atoms with Crippen molar-refractivity contribution in [3.63, 3.8) is 0 Å². The molecule has 0 bridgehead atoms. The molecular weight excluding hydrogens is 250 g/mol. The van der Waals surface area contributed by atoms with Gasteiger partial charge in [0, 0.05) is 36.2 Å². The van der Waals surface area contributed by atoms with E-state index in [0.717, 1.165) is 30.6 Å². The number of carbonyl (C=O) groups excluding carboxylic acids is 1. The van der Waals surface area contributed by atoms with Crippen molar-refractivity contribution in [3.8, 4) is 5.69 Å². The van der Waals surface area contributed by atoms with E-state index in [1.807, 2.05) is 24.3 Å². The summed E-state index contributed by atoms with van der Waals surface area (Å²) in [7, 11) is 0. The van der Waals surface area contributed by atoms with E-state index >= 15 is 0 Å². The highest BCUT2D eigenvalue weighted by atomic mass is 16.1. The fourth-order valence-corrected chi connectivity index (χ4v) is 2.88. The zero-order chi connectivity index (χ0) is 14.1. The van der Waals surface area contributed by atoms with Crippen LogP contribution in [0.1, 0.15) is 37.1 Å². The second-order valence-electron chi connectivity index (χ2n) is 5.31. The molecule has 1 aromatic carbocycles. The summed E-state index contributed by atoms with van der Waals surface area (Å²) in [6.45, 7) is 1.51. The summed E-state index contributed by atoms with van der Waals surface area (Å²) in [5.74, 6) is -0.0536. The molecular formula is C16H19N3O. The van der Waals surface area contributed by atoms with E-state index in [2.05, 4.69) is 22.1 Å². The minimum absolute atomic E-state index is 0.0536. The molecule has 1 amide bonds. The van der Waals surface area contributed by atoms with E-state index in [4.69, 9.17) is 5.73 Å². The van der Waals surface area contributed by atoms with E-state index in [9.17, 15) is 4.79 Å². The van der Waals surface area contributed by atoms with E-state index in [1.165, 1.54) is 18.2 Å². The Bertz CT molecular complexity index is 628. The normalized spacial score (nSPS) is 17.6. The summed E-state index contributed by atoms with van der Waals surface area (Å²) in [6.07, 6.45) is 5.37. The maximum Gasteiger partial charge on any atom is 0.221 e. The highest BCUT2D eigenvalue weighted by molar-refractivity contribution is 5.88. The van der Waals surface area contributed by atoms with Gasteiger partial charge in [-0.1, -0.05) is 0 Å². The van der Waals surface area contributed by atoms with Crippen LogP contribution >= 0.6 is 0 Å². The molecule has 0 spiro atoms. The van der Waals surface area contributed by atoms with Gasteiger partial charge in [0.1, 0.15) is 0 Å². The molecule has 1 heterocycles. The van der Waals surface area contributed by atoms with Crippen molar-refractivity contribution in [3.05, 3.63) is 47.8 Å². The summed E-state index contributed by atoms with van der Waals surface area (Å²) in [6, 6.07) is 10.2. The average Bonchev–Trinajstić information content (AvgIpc) is 2.84. The largest absolute Gasteiger partial charge is 0.326 e. The Morgan fingerprint density at radius 1 is 1.30 bits per heavy atom. The average molecular weight is 269 g/mol. The van der Waals surface area contributed by atoms with Gasteiger partial charge in [-0.05, 0) is 55.2 Å². The summed E-state index contributed by atoms with van der Waals surface area (Å²) in [5.41, 5.74) is 10.7. The van der Waals surface area contributed by atoms with Gasteiger partial charge >= 0.3 is 0 Å². The lowest BCUT2D eigenvalue weighted by Crippen LogP contribution is -2.17.